The Bertz CT molecular complexity index is 970. The van der Waals surface area contributed by atoms with Crippen molar-refractivity contribution in [1.82, 2.24) is 0 Å². The zero-order valence-electron chi connectivity index (χ0n) is 16.9. The number of aryl methyl sites for hydroxylation is 1. The minimum Gasteiger partial charge on any atom is -0.361 e. The van der Waals surface area contributed by atoms with Crippen molar-refractivity contribution in [2.75, 3.05) is 11.9 Å². The Balaban J connectivity index is 1.45. The van der Waals surface area contributed by atoms with Crippen molar-refractivity contribution in [3.05, 3.63) is 88.4 Å². The summed E-state index contributed by atoms with van der Waals surface area (Å²) >= 11 is 3.78. The number of thioether (sulfide) groups is 2. The summed E-state index contributed by atoms with van der Waals surface area (Å²) in [5, 5.41) is 0.506. The van der Waals surface area contributed by atoms with Crippen LogP contribution in [-0.2, 0) is 0 Å². The molecule has 0 radical (unpaired) electrons. The van der Waals surface area contributed by atoms with Gasteiger partial charge in [-0.1, -0.05) is 66.0 Å². The van der Waals surface area contributed by atoms with Gasteiger partial charge in [0.05, 0.1) is 11.1 Å². The third kappa shape index (κ3) is 3.97. The fraction of sp³-hybridized carbons (Fsp3) is 0.280. The first kappa shape index (κ1) is 19.5. The summed E-state index contributed by atoms with van der Waals surface area (Å²) < 4.78 is 0. The quantitative estimate of drug-likeness (QED) is 0.472. The summed E-state index contributed by atoms with van der Waals surface area (Å²) in [7, 11) is 2.23. The first-order valence-electron chi connectivity index (χ1n) is 9.83. The lowest BCUT2D eigenvalue weighted by Gasteiger charge is -2.22. The Labute approximate surface area is 177 Å². The highest BCUT2D eigenvalue weighted by Gasteiger charge is 2.29. The van der Waals surface area contributed by atoms with Gasteiger partial charge in [-0.05, 0) is 74.1 Å². The number of nitrogens with zero attached hydrogens (tertiary/aromatic N) is 1. The molecule has 2 aromatic rings. The molecular formula is C25H27NS2. The summed E-state index contributed by atoms with van der Waals surface area (Å²) in [6.45, 7) is 8.77. The summed E-state index contributed by atoms with van der Waals surface area (Å²) in [5.41, 5.74) is 7.23. The van der Waals surface area contributed by atoms with E-state index in [2.05, 4.69) is 87.0 Å². The molecular weight excluding hydrogens is 378 g/mol. The molecule has 0 fully saturated rings. The normalized spacial score (nSPS) is 20.2. The predicted octanol–water partition coefficient (Wildman–Crippen LogP) is 7.60. The van der Waals surface area contributed by atoms with Crippen molar-refractivity contribution in [2.45, 2.75) is 48.3 Å². The average molecular weight is 406 g/mol. The van der Waals surface area contributed by atoms with Crippen molar-refractivity contribution in [2.24, 2.45) is 0 Å². The average Bonchev–Trinajstić information content (AvgIpc) is 3.18. The Morgan fingerprint density at radius 3 is 2.68 bits per heavy atom. The maximum atomic E-state index is 4.31. The van der Waals surface area contributed by atoms with Gasteiger partial charge < -0.3 is 4.90 Å². The largest absolute Gasteiger partial charge is 0.361 e. The van der Waals surface area contributed by atoms with Gasteiger partial charge in [0, 0.05) is 21.7 Å². The minimum absolute atomic E-state index is 0.506. The lowest BCUT2D eigenvalue weighted by atomic mass is 10.1. The Morgan fingerprint density at radius 1 is 1.14 bits per heavy atom. The van der Waals surface area contributed by atoms with Gasteiger partial charge >= 0.3 is 0 Å². The molecule has 0 bridgehead atoms. The molecule has 2 aromatic carbocycles. The van der Waals surface area contributed by atoms with E-state index in [1.165, 1.54) is 38.6 Å². The molecule has 0 saturated carbocycles. The summed E-state index contributed by atoms with van der Waals surface area (Å²) in [6, 6.07) is 17.3. The first-order valence-corrected chi connectivity index (χ1v) is 11.5. The number of benzene rings is 2. The van der Waals surface area contributed by atoms with Gasteiger partial charge in [0.15, 0.2) is 0 Å². The minimum atomic E-state index is 0.506. The lowest BCUT2D eigenvalue weighted by molar-refractivity contribution is 0.795. The van der Waals surface area contributed by atoms with E-state index in [-0.39, 0.29) is 0 Å². The van der Waals surface area contributed by atoms with Crippen LogP contribution in [0.15, 0.2) is 92.6 Å². The van der Waals surface area contributed by atoms with E-state index in [0.29, 0.717) is 5.37 Å². The van der Waals surface area contributed by atoms with Crippen LogP contribution in [0.25, 0.3) is 0 Å². The number of hydrogen-bond acceptors (Lipinski definition) is 3. The SMILES string of the molecule is C=C(/C=C1\CCC(CC2Sc3ccccc3N2C)=C1C)Sc1ccccc1C. The molecule has 3 heteroatoms. The highest BCUT2D eigenvalue weighted by molar-refractivity contribution is 8.03. The molecule has 0 aromatic heterocycles. The molecule has 144 valence electrons. The van der Waals surface area contributed by atoms with Crippen molar-refractivity contribution in [1.29, 1.82) is 0 Å². The fourth-order valence-electron chi connectivity index (χ4n) is 3.98. The van der Waals surface area contributed by atoms with Gasteiger partial charge in [0.2, 0.25) is 0 Å². The predicted molar refractivity (Wildman–Crippen MR) is 125 cm³/mol. The van der Waals surface area contributed by atoms with E-state index >= 15 is 0 Å². The van der Waals surface area contributed by atoms with Crippen LogP contribution in [0.4, 0.5) is 5.69 Å². The number of anilines is 1. The van der Waals surface area contributed by atoms with Gasteiger partial charge in [-0.15, -0.1) is 0 Å². The molecule has 0 spiro atoms. The maximum Gasteiger partial charge on any atom is 0.0831 e. The second-order valence-corrected chi connectivity index (χ2v) is 9.98. The van der Waals surface area contributed by atoms with E-state index in [0.717, 1.165) is 17.7 Å². The van der Waals surface area contributed by atoms with Crippen LogP contribution in [0.1, 0.15) is 31.7 Å². The van der Waals surface area contributed by atoms with Crippen molar-refractivity contribution >= 4 is 29.2 Å². The molecule has 1 nitrogen and oxygen atoms in total. The van der Waals surface area contributed by atoms with E-state index in [9.17, 15) is 0 Å². The Morgan fingerprint density at radius 2 is 1.89 bits per heavy atom. The number of fused-ring (bicyclic) bond motifs is 1. The maximum absolute atomic E-state index is 4.31. The second-order valence-electron chi connectivity index (χ2n) is 7.59. The van der Waals surface area contributed by atoms with Gasteiger partial charge in [0.25, 0.3) is 0 Å². The van der Waals surface area contributed by atoms with Crippen molar-refractivity contribution < 1.29 is 0 Å². The molecule has 0 N–H and O–H groups in total. The van der Waals surface area contributed by atoms with Gasteiger partial charge in [0.1, 0.15) is 0 Å². The Hall–Kier alpha value is -1.84. The molecule has 4 rings (SSSR count). The number of rotatable bonds is 5. The van der Waals surface area contributed by atoms with Crippen LogP contribution in [-0.4, -0.2) is 12.4 Å². The van der Waals surface area contributed by atoms with Crippen molar-refractivity contribution in [3.63, 3.8) is 0 Å². The number of allylic oxidation sites excluding steroid dienone is 3. The first-order chi connectivity index (χ1) is 13.5. The smallest absolute Gasteiger partial charge is 0.0831 e. The number of hydrogen-bond donors (Lipinski definition) is 0. The van der Waals surface area contributed by atoms with Crippen LogP contribution in [0.3, 0.4) is 0 Å². The monoisotopic (exact) mass is 405 g/mol. The van der Waals surface area contributed by atoms with E-state index in [1.807, 2.05) is 11.8 Å². The Kier molecular flexibility index (Phi) is 5.75. The molecule has 1 aliphatic heterocycles. The van der Waals surface area contributed by atoms with Crippen molar-refractivity contribution in [3.8, 4) is 0 Å². The van der Waals surface area contributed by atoms with Crippen LogP contribution < -0.4 is 4.90 Å². The highest BCUT2D eigenvalue weighted by atomic mass is 32.2. The van der Waals surface area contributed by atoms with Gasteiger partial charge in [-0.3, -0.25) is 0 Å². The third-order valence-corrected chi connectivity index (χ3v) is 8.15. The van der Waals surface area contributed by atoms with Gasteiger partial charge in [-0.2, -0.15) is 0 Å². The van der Waals surface area contributed by atoms with E-state index in [4.69, 9.17) is 0 Å². The molecule has 1 heterocycles. The standard InChI is InChI=1S/C25H27NS2/c1-17-9-5-7-11-23(17)27-18(2)15-20-13-14-21(19(20)3)16-25-26(4)22-10-6-8-12-24(22)28-25/h5-12,15,25H,2,13-14,16H2,1,3-4H3/b20-15+. The lowest BCUT2D eigenvalue weighted by Crippen LogP contribution is -2.24. The molecule has 1 unspecified atom stereocenters. The molecule has 2 aliphatic rings. The fourth-order valence-corrected chi connectivity index (χ4v) is 6.18. The number of para-hydroxylation sites is 1. The van der Waals surface area contributed by atoms with Crippen LogP contribution >= 0.6 is 23.5 Å². The molecule has 28 heavy (non-hydrogen) atoms. The third-order valence-electron chi connectivity index (χ3n) is 5.74. The zero-order valence-corrected chi connectivity index (χ0v) is 18.5. The van der Waals surface area contributed by atoms with E-state index < -0.39 is 0 Å². The second kappa shape index (κ2) is 8.26. The summed E-state index contributed by atoms with van der Waals surface area (Å²) in [6.07, 6.45) is 5.76. The van der Waals surface area contributed by atoms with E-state index in [1.54, 1.807) is 17.3 Å². The van der Waals surface area contributed by atoms with Gasteiger partial charge in [-0.25, -0.2) is 0 Å². The van der Waals surface area contributed by atoms with Crippen LogP contribution in [0.5, 0.6) is 0 Å². The molecule has 0 amide bonds. The zero-order chi connectivity index (χ0) is 19.7. The molecule has 1 atom stereocenters. The molecule has 1 aliphatic carbocycles. The summed E-state index contributed by atoms with van der Waals surface area (Å²) in [5.74, 6) is 0. The van der Waals surface area contributed by atoms with Crippen LogP contribution in [0.2, 0.25) is 0 Å². The topological polar surface area (TPSA) is 3.24 Å². The summed E-state index contributed by atoms with van der Waals surface area (Å²) in [4.78, 5) is 6.27. The highest BCUT2D eigenvalue weighted by Crippen LogP contribution is 2.46. The van der Waals surface area contributed by atoms with Crippen LogP contribution in [0, 0.1) is 6.92 Å². The molecule has 0 saturated heterocycles.